The fourth-order valence-corrected chi connectivity index (χ4v) is 5.75. The minimum Gasteiger partial charge on any atom is -0.408 e. The van der Waals surface area contributed by atoms with E-state index in [1.165, 1.54) is 19.3 Å². The summed E-state index contributed by atoms with van der Waals surface area (Å²) in [6, 6.07) is 5.41. The zero-order valence-electron chi connectivity index (χ0n) is 19.1. The van der Waals surface area contributed by atoms with Crippen molar-refractivity contribution in [3.05, 3.63) is 53.0 Å². The third-order valence-corrected chi connectivity index (χ3v) is 7.18. The highest BCUT2D eigenvalue weighted by atomic mass is 16.4. The highest BCUT2D eigenvalue weighted by Gasteiger charge is 2.40. The van der Waals surface area contributed by atoms with Crippen molar-refractivity contribution in [2.45, 2.75) is 45.6 Å². The van der Waals surface area contributed by atoms with Gasteiger partial charge in [0.1, 0.15) is 0 Å². The molecule has 174 valence electrons. The molecule has 3 atom stereocenters. The molecule has 0 spiro atoms. The fourth-order valence-electron chi connectivity index (χ4n) is 5.75. The Kier molecular flexibility index (Phi) is 6.26. The number of nitrogens with zero attached hydrogens (tertiary/aromatic N) is 4. The predicted molar refractivity (Wildman–Crippen MR) is 126 cm³/mol. The summed E-state index contributed by atoms with van der Waals surface area (Å²) in [5, 5.41) is 2.98. The van der Waals surface area contributed by atoms with E-state index in [0.717, 1.165) is 37.1 Å². The van der Waals surface area contributed by atoms with Crippen LogP contribution in [0.4, 0.5) is 5.69 Å². The number of anilines is 1. The predicted octanol–water partition coefficient (Wildman–Crippen LogP) is 3.32. The van der Waals surface area contributed by atoms with Crippen molar-refractivity contribution < 1.29 is 9.21 Å². The van der Waals surface area contributed by atoms with Crippen molar-refractivity contribution in [3.8, 4) is 0 Å². The molecule has 8 heteroatoms. The molecule has 5 rings (SSSR count). The zero-order valence-corrected chi connectivity index (χ0v) is 19.1. The minimum absolute atomic E-state index is 0.0335. The summed E-state index contributed by atoms with van der Waals surface area (Å²) in [6.45, 7) is 4.95. The van der Waals surface area contributed by atoms with Crippen LogP contribution in [-0.2, 0) is 17.8 Å². The SMILES string of the molecule is CCCn1c(=O)oc2cc(NC(=O)CN3C[C@H]4CCC[C@H](Cc5cnccn5)[C@H]4C3)ccc21. The van der Waals surface area contributed by atoms with Gasteiger partial charge in [-0.2, -0.15) is 0 Å². The molecule has 1 saturated carbocycles. The molecule has 8 nitrogen and oxygen atoms in total. The number of aromatic nitrogens is 3. The summed E-state index contributed by atoms with van der Waals surface area (Å²) < 4.78 is 7.00. The Morgan fingerprint density at radius 2 is 2.15 bits per heavy atom. The van der Waals surface area contributed by atoms with Gasteiger partial charge in [0.15, 0.2) is 5.58 Å². The second-order valence-corrected chi connectivity index (χ2v) is 9.46. The average Bonchev–Trinajstić information content (AvgIpc) is 3.35. The molecule has 2 aliphatic rings. The zero-order chi connectivity index (χ0) is 22.8. The third-order valence-electron chi connectivity index (χ3n) is 7.18. The van der Waals surface area contributed by atoms with E-state index in [0.29, 0.717) is 42.1 Å². The van der Waals surface area contributed by atoms with Crippen molar-refractivity contribution in [2.75, 3.05) is 25.0 Å². The highest BCUT2D eigenvalue weighted by molar-refractivity contribution is 5.94. The fraction of sp³-hybridized carbons (Fsp3) is 0.520. The van der Waals surface area contributed by atoms with Crippen LogP contribution in [0.15, 0.2) is 46.0 Å². The number of nitrogens with one attached hydrogen (secondary N) is 1. The summed E-state index contributed by atoms with van der Waals surface area (Å²) in [5.74, 6) is 1.47. The Bertz CT molecular complexity index is 1170. The van der Waals surface area contributed by atoms with Gasteiger partial charge in [-0.15, -0.1) is 0 Å². The van der Waals surface area contributed by atoms with Crippen molar-refractivity contribution in [1.82, 2.24) is 19.4 Å². The molecule has 1 aliphatic carbocycles. The van der Waals surface area contributed by atoms with Gasteiger partial charge in [-0.3, -0.25) is 24.2 Å². The Balaban J connectivity index is 1.20. The van der Waals surface area contributed by atoms with E-state index in [1.54, 1.807) is 23.0 Å². The molecule has 1 aliphatic heterocycles. The molecule has 0 unspecified atom stereocenters. The molecule has 3 aromatic rings. The lowest BCUT2D eigenvalue weighted by atomic mass is 9.72. The van der Waals surface area contributed by atoms with E-state index < -0.39 is 0 Å². The Morgan fingerprint density at radius 1 is 1.24 bits per heavy atom. The largest absolute Gasteiger partial charge is 0.419 e. The quantitative estimate of drug-likeness (QED) is 0.595. The Morgan fingerprint density at radius 3 is 2.97 bits per heavy atom. The first-order valence-corrected chi connectivity index (χ1v) is 12.0. The van der Waals surface area contributed by atoms with Crippen LogP contribution in [0.25, 0.3) is 11.1 Å². The number of likely N-dealkylation sites (tertiary alicyclic amines) is 1. The van der Waals surface area contributed by atoms with Crippen LogP contribution in [0.5, 0.6) is 0 Å². The minimum atomic E-state index is -0.356. The normalized spacial score (nSPS) is 23.0. The molecule has 0 radical (unpaired) electrons. The van der Waals surface area contributed by atoms with Gasteiger partial charge in [0.2, 0.25) is 5.91 Å². The van der Waals surface area contributed by atoms with Crippen LogP contribution in [0, 0.1) is 17.8 Å². The molecule has 1 saturated heterocycles. The van der Waals surface area contributed by atoms with E-state index in [9.17, 15) is 9.59 Å². The third kappa shape index (κ3) is 4.71. The summed E-state index contributed by atoms with van der Waals surface area (Å²) in [4.78, 5) is 35.8. The van der Waals surface area contributed by atoms with Crippen molar-refractivity contribution >= 4 is 22.7 Å². The molecular weight excluding hydrogens is 418 g/mol. The number of carbonyl (C=O) groups excluding carboxylic acids is 1. The molecule has 2 fully saturated rings. The van der Waals surface area contributed by atoms with Crippen LogP contribution in [0.1, 0.15) is 38.3 Å². The first-order valence-electron chi connectivity index (χ1n) is 12.0. The number of fused-ring (bicyclic) bond motifs is 2. The maximum Gasteiger partial charge on any atom is 0.419 e. The molecule has 2 aromatic heterocycles. The molecule has 33 heavy (non-hydrogen) atoms. The number of rotatable bonds is 7. The lowest BCUT2D eigenvalue weighted by molar-refractivity contribution is -0.117. The first kappa shape index (κ1) is 21.8. The van der Waals surface area contributed by atoms with E-state index in [2.05, 4.69) is 20.2 Å². The summed E-state index contributed by atoms with van der Waals surface area (Å²) in [7, 11) is 0. The molecule has 3 heterocycles. The van der Waals surface area contributed by atoms with Crippen LogP contribution in [0.2, 0.25) is 0 Å². The van der Waals surface area contributed by atoms with Crippen LogP contribution >= 0.6 is 0 Å². The van der Waals surface area contributed by atoms with Crippen molar-refractivity contribution in [1.29, 1.82) is 0 Å². The lowest BCUT2D eigenvalue weighted by Gasteiger charge is -2.32. The van der Waals surface area contributed by atoms with E-state index in [4.69, 9.17) is 4.42 Å². The number of oxazole rings is 1. The van der Waals surface area contributed by atoms with Crippen molar-refractivity contribution in [3.63, 3.8) is 0 Å². The van der Waals surface area contributed by atoms with Gasteiger partial charge in [0.05, 0.1) is 17.8 Å². The van der Waals surface area contributed by atoms with E-state index in [-0.39, 0.29) is 11.7 Å². The van der Waals surface area contributed by atoms with Crippen LogP contribution in [-0.4, -0.2) is 45.0 Å². The number of hydrogen-bond acceptors (Lipinski definition) is 6. The molecule has 1 aromatic carbocycles. The van der Waals surface area contributed by atoms with E-state index >= 15 is 0 Å². The number of carbonyl (C=O) groups is 1. The topological polar surface area (TPSA) is 93.3 Å². The molecule has 1 amide bonds. The van der Waals surface area contributed by atoms with Gasteiger partial charge < -0.3 is 9.73 Å². The summed E-state index contributed by atoms with van der Waals surface area (Å²) >= 11 is 0. The van der Waals surface area contributed by atoms with Crippen molar-refractivity contribution in [2.24, 2.45) is 17.8 Å². The van der Waals surface area contributed by atoms with Gasteiger partial charge in [-0.25, -0.2) is 4.79 Å². The summed E-state index contributed by atoms with van der Waals surface area (Å²) in [6.07, 6.45) is 10.9. The molecule has 1 N–H and O–H groups in total. The average molecular weight is 450 g/mol. The van der Waals surface area contributed by atoms with Gasteiger partial charge in [0.25, 0.3) is 0 Å². The Hall–Kier alpha value is -3.00. The van der Waals surface area contributed by atoms with E-state index in [1.807, 2.05) is 25.3 Å². The van der Waals surface area contributed by atoms with Gasteiger partial charge in [0, 0.05) is 50.0 Å². The number of aryl methyl sites for hydroxylation is 1. The summed E-state index contributed by atoms with van der Waals surface area (Å²) in [5.41, 5.74) is 2.99. The smallest absolute Gasteiger partial charge is 0.408 e. The second kappa shape index (κ2) is 9.47. The Labute approximate surface area is 193 Å². The number of benzene rings is 1. The first-order chi connectivity index (χ1) is 16.1. The van der Waals surface area contributed by atoms with Gasteiger partial charge in [-0.1, -0.05) is 13.3 Å². The maximum absolute atomic E-state index is 12.8. The monoisotopic (exact) mass is 449 g/mol. The highest BCUT2D eigenvalue weighted by Crippen LogP contribution is 2.41. The second-order valence-electron chi connectivity index (χ2n) is 9.46. The van der Waals surface area contributed by atoms with Crippen LogP contribution in [0.3, 0.4) is 0 Å². The maximum atomic E-state index is 12.8. The molecular formula is C25H31N5O3. The van der Waals surface area contributed by atoms with Crippen LogP contribution < -0.4 is 11.1 Å². The molecule has 0 bridgehead atoms. The lowest BCUT2D eigenvalue weighted by Crippen LogP contribution is -2.32. The number of amides is 1. The standard InChI is InChI=1S/C25H31N5O3/c1-2-10-30-22-7-6-19(12-23(22)33-25(30)32)28-24(31)16-29-14-18-5-3-4-17(21(18)15-29)11-20-13-26-8-9-27-20/h6-9,12-13,17-18,21H,2-5,10-11,14-16H2,1H3,(H,28,31)/t17-,18-,21-/m1/s1. The van der Waals surface area contributed by atoms with Gasteiger partial charge in [-0.05, 0) is 55.6 Å². The van der Waals surface area contributed by atoms with Gasteiger partial charge >= 0.3 is 5.76 Å². The number of hydrogen-bond donors (Lipinski definition) is 1.